The Kier molecular flexibility index (Phi) is 9.26. The second-order valence-corrected chi connectivity index (χ2v) is 20.4. The molecule has 3 fully saturated rings. The Hall–Kier alpha value is -2.23. The van der Waals surface area contributed by atoms with Crippen LogP contribution in [0.2, 0.25) is 18.1 Å². The zero-order chi connectivity index (χ0) is 33.0. The highest BCUT2D eigenvalue weighted by atomic mass is 32.2. The van der Waals surface area contributed by atoms with Gasteiger partial charge in [0.15, 0.2) is 47.9 Å². The second kappa shape index (κ2) is 12.7. The number of aromatic nitrogens is 5. The summed E-state index contributed by atoms with van der Waals surface area (Å²) in [6.07, 6.45) is 1.57. The van der Waals surface area contributed by atoms with E-state index < -0.39 is 25.7 Å². The van der Waals surface area contributed by atoms with Crippen LogP contribution in [0.25, 0.3) is 11.2 Å². The molecule has 2 aliphatic carbocycles. The van der Waals surface area contributed by atoms with Gasteiger partial charge < -0.3 is 24.0 Å². The van der Waals surface area contributed by atoms with Crippen molar-refractivity contribution in [2.24, 2.45) is 0 Å². The van der Waals surface area contributed by atoms with Gasteiger partial charge in [0.2, 0.25) is 0 Å². The molecule has 0 radical (unpaired) electrons. The average molecular weight is 677 g/mol. The van der Waals surface area contributed by atoms with E-state index in [1.807, 2.05) is 18.5 Å². The van der Waals surface area contributed by atoms with Crippen LogP contribution in [0, 0.1) is 11.6 Å². The third kappa shape index (κ3) is 6.84. The summed E-state index contributed by atoms with van der Waals surface area (Å²) < 4.78 is 54.9. The molecule has 6 atom stereocenters. The Labute approximate surface area is 274 Å². The monoisotopic (exact) mass is 676 g/mol. The molecule has 1 aromatic carbocycles. The van der Waals surface area contributed by atoms with Crippen LogP contribution in [0.5, 0.6) is 0 Å². The Morgan fingerprint density at radius 1 is 1.09 bits per heavy atom. The summed E-state index contributed by atoms with van der Waals surface area (Å²) in [6, 6.07) is 3.88. The van der Waals surface area contributed by atoms with Gasteiger partial charge in [0.05, 0.1) is 25.4 Å². The Morgan fingerprint density at radius 3 is 2.57 bits per heavy atom. The molecule has 0 spiro atoms. The van der Waals surface area contributed by atoms with E-state index in [1.54, 1.807) is 17.8 Å². The molecule has 1 saturated heterocycles. The van der Waals surface area contributed by atoms with Crippen LogP contribution in [0.1, 0.15) is 78.3 Å². The van der Waals surface area contributed by atoms with Crippen molar-refractivity contribution < 1.29 is 27.4 Å². The Morgan fingerprint density at radius 2 is 1.85 bits per heavy atom. The molecular weight excluding hydrogens is 631 g/mol. The number of fused-ring (bicyclic) bond motifs is 2. The van der Waals surface area contributed by atoms with E-state index in [4.69, 9.17) is 28.6 Å². The first-order valence-electron chi connectivity index (χ1n) is 16.3. The van der Waals surface area contributed by atoms with Gasteiger partial charge in [0.25, 0.3) is 0 Å². The molecule has 2 saturated carbocycles. The maximum atomic E-state index is 13.9. The van der Waals surface area contributed by atoms with Crippen molar-refractivity contribution in [1.82, 2.24) is 25.0 Å². The fourth-order valence-corrected chi connectivity index (χ4v) is 7.78. The lowest BCUT2D eigenvalue weighted by Crippen LogP contribution is -2.42. The van der Waals surface area contributed by atoms with Gasteiger partial charge in [0, 0.05) is 24.1 Å². The van der Waals surface area contributed by atoms with Gasteiger partial charge in [-0.15, -0.1) is 5.10 Å². The molecule has 46 heavy (non-hydrogen) atoms. The first-order valence-corrected chi connectivity index (χ1v) is 20.2. The molecule has 0 unspecified atom stereocenters. The van der Waals surface area contributed by atoms with E-state index in [-0.39, 0.29) is 41.4 Å². The molecule has 1 N–H and O–H groups in total. The summed E-state index contributed by atoms with van der Waals surface area (Å²) in [4.78, 5) is 9.72. The number of ether oxygens (including phenoxy) is 3. The smallest absolute Gasteiger partial charge is 0.192 e. The van der Waals surface area contributed by atoms with Crippen molar-refractivity contribution in [1.29, 1.82) is 0 Å². The van der Waals surface area contributed by atoms with Crippen LogP contribution in [0.15, 0.2) is 23.4 Å². The van der Waals surface area contributed by atoms with Gasteiger partial charge in [-0.3, -0.25) is 0 Å². The first kappa shape index (κ1) is 33.7. The second-order valence-electron chi connectivity index (χ2n) is 14.6. The summed E-state index contributed by atoms with van der Waals surface area (Å²) >= 11 is 1.58. The Bertz CT molecular complexity index is 1570. The molecule has 6 rings (SSSR count). The lowest BCUT2D eigenvalue weighted by atomic mass is 10.1. The number of halogens is 2. The molecule has 0 amide bonds. The summed E-state index contributed by atoms with van der Waals surface area (Å²) in [5.41, 5.74) is 1.92. The Balaban J connectivity index is 1.23. The van der Waals surface area contributed by atoms with Gasteiger partial charge in [-0.05, 0) is 62.5 Å². The first-order chi connectivity index (χ1) is 21.7. The average Bonchev–Trinajstić information content (AvgIpc) is 3.31. The van der Waals surface area contributed by atoms with Gasteiger partial charge in [-0.25, -0.2) is 23.4 Å². The maximum absolute atomic E-state index is 13.9. The van der Waals surface area contributed by atoms with Crippen molar-refractivity contribution in [3.63, 3.8) is 0 Å². The third-order valence-corrected chi connectivity index (χ3v) is 15.2. The van der Waals surface area contributed by atoms with Crippen LogP contribution >= 0.6 is 11.8 Å². The van der Waals surface area contributed by atoms with E-state index in [0.717, 1.165) is 24.2 Å². The predicted octanol–water partition coefficient (Wildman–Crippen LogP) is 6.84. The number of benzene rings is 1. The van der Waals surface area contributed by atoms with E-state index >= 15 is 0 Å². The summed E-state index contributed by atoms with van der Waals surface area (Å²) in [5.74, 6) is -0.966. The fourth-order valence-electron chi connectivity index (χ4n) is 6.06. The molecule has 10 nitrogen and oxygen atoms in total. The van der Waals surface area contributed by atoms with Gasteiger partial charge in [0.1, 0.15) is 12.2 Å². The zero-order valence-electron chi connectivity index (χ0n) is 28.0. The van der Waals surface area contributed by atoms with Crippen molar-refractivity contribution in [2.75, 3.05) is 24.3 Å². The van der Waals surface area contributed by atoms with Crippen LogP contribution in [0.4, 0.5) is 14.6 Å². The number of hydrogen-bond donors (Lipinski definition) is 1. The highest BCUT2D eigenvalue weighted by molar-refractivity contribution is 7.99. The van der Waals surface area contributed by atoms with Crippen LogP contribution in [-0.2, 0) is 18.6 Å². The zero-order valence-corrected chi connectivity index (χ0v) is 29.8. The number of nitrogens with zero attached hydrogens (tertiary/aromatic N) is 5. The molecule has 2 aromatic heterocycles. The SMILES string of the molecule is CCCSc1nc(N[C@@H]2C[C@H]2c2ccc(F)c(F)c2)c2nnn([C@H]3C[C@@H](OCCO[Si](C)(C)C(C)(C)C)[C@@H]4OC(C)(C)O[C@@H]43)c2n1. The predicted molar refractivity (Wildman–Crippen MR) is 176 cm³/mol. The third-order valence-electron chi connectivity index (χ3n) is 9.60. The van der Waals surface area contributed by atoms with Gasteiger partial charge in [-0.1, -0.05) is 50.7 Å². The molecule has 3 aliphatic rings. The summed E-state index contributed by atoms with van der Waals surface area (Å²) in [6.45, 7) is 18.1. The number of thioether (sulfide) groups is 1. The highest BCUT2D eigenvalue weighted by Crippen LogP contribution is 2.47. The molecular formula is C32H46F2N6O4SSi. The minimum atomic E-state index is -1.89. The normalized spacial score (nSPS) is 27.3. The van der Waals surface area contributed by atoms with E-state index in [0.29, 0.717) is 41.8 Å². The summed E-state index contributed by atoms with van der Waals surface area (Å²) in [7, 11) is -1.89. The van der Waals surface area contributed by atoms with E-state index in [9.17, 15) is 8.78 Å². The molecule has 252 valence electrons. The minimum absolute atomic E-state index is 0.00619. The maximum Gasteiger partial charge on any atom is 0.192 e. The lowest BCUT2D eigenvalue weighted by molar-refractivity contribution is -0.170. The number of nitrogens with one attached hydrogen (secondary N) is 1. The van der Waals surface area contributed by atoms with Gasteiger partial charge >= 0.3 is 0 Å². The van der Waals surface area contributed by atoms with Crippen LogP contribution in [-0.4, -0.2) is 82.4 Å². The molecule has 3 heterocycles. The van der Waals surface area contributed by atoms with Crippen LogP contribution < -0.4 is 5.32 Å². The molecule has 14 heteroatoms. The van der Waals surface area contributed by atoms with E-state index in [2.05, 4.69) is 56.4 Å². The quantitative estimate of drug-likeness (QED) is 0.0949. The highest BCUT2D eigenvalue weighted by Gasteiger charge is 2.56. The van der Waals surface area contributed by atoms with Crippen molar-refractivity contribution in [2.45, 2.75) is 126 Å². The van der Waals surface area contributed by atoms with Gasteiger partial charge in [-0.2, -0.15) is 0 Å². The minimum Gasteiger partial charge on any atom is -0.414 e. The standard InChI is InChI=1S/C32H46F2N6O4SSi/c1-9-14-45-30-36-28(35-22-16-19(22)18-10-11-20(33)21(34)15-18)25-29(37-30)40(39-38-25)23-17-24(27-26(23)43-32(5,6)44-27)41-12-13-42-46(7,8)31(2,3)4/h10-11,15,19,22-24,26-27H,9,12-14,16-17H2,1-8H3,(H,35,36,37)/t19-,22+,23-,24+,26+,27-/m0/s1. The number of hydrogen-bond acceptors (Lipinski definition) is 10. The number of anilines is 1. The van der Waals surface area contributed by atoms with Crippen molar-refractivity contribution in [3.05, 3.63) is 35.4 Å². The molecule has 0 bridgehead atoms. The van der Waals surface area contributed by atoms with Crippen LogP contribution in [0.3, 0.4) is 0 Å². The van der Waals surface area contributed by atoms with Crippen molar-refractivity contribution >= 4 is 37.1 Å². The molecule has 1 aliphatic heterocycles. The number of rotatable bonds is 12. The summed E-state index contributed by atoms with van der Waals surface area (Å²) in [5, 5.41) is 13.4. The lowest BCUT2D eigenvalue weighted by Gasteiger charge is -2.36. The topological polar surface area (TPSA) is 105 Å². The largest absolute Gasteiger partial charge is 0.414 e. The fraction of sp³-hybridized carbons (Fsp3) is 0.688. The molecule has 3 aromatic rings. The van der Waals surface area contributed by atoms with Crippen molar-refractivity contribution in [3.8, 4) is 0 Å². The van der Waals surface area contributed by atoms with E-state index in [1.165, 1.54) is 12.1 Å².